The van der Waals surface area contributed by atoms with Crippen molar-refractivity contribution >= 4 is 17.5 Å². The van der Waals surface area contributed by atoms with Crippen molar-refractivity contribution in [2.45, 2.75) is 70.9 Å². The van der Waals surface area contributed by atoms with Gasteiger partial charge in [0.15, 0.2) is 11.4 Å². The van der Waals surface area contributed by atoms with E-state index >= 15 is 0 Å². The van der Waals surface area contributed by atoms with Crippen LogP contribution < -0.4 is 5.73 Å². The number of primary amides is 1. The molecule has 248 valence electrons. The molecule has 3 aliphatic carbocycles. The second-order valence-corrected chi connectivity index (χ2v) is 13.4. The molecule has 3 aliphatic rings. The molecule has 0 radical (unpaired) electrons. The van der Waals surface area contributed by atoms with Crippen molar-refractivity contribution in [2.75, 3.05) is 27.2 Å². The number of benzene rings is 1. The van der Waals surface area contributed by atoms with E-state index < -0.39 is 110 Å². The molecule has 5 atom stereocenters. The molecule has 4 rings (SSSR count). The van der Waals surface area contributed by atoms with Gasteiger partial charge in [-0.3, -0.25) is 24.2 Å². The number of phenols is 1. The van der Waals surface area contributed by atoms with Gasteiger partial charge >= 0.3 is 6.18 Å². The number of nitrogens with two attached hydrogens (primary N) is 1. The molecule has 1 aromatic rings. The minimum Gasteiger partial charge on any atom is -0.510 e. The van der Waals surface area contributed by atoms with Crippen molar-refractivity contribution in [3.8, 4) is 5.75 Å². The summed E-state index contributed by atoms with van der Waals surface area (Å²) >= 11 is 0. The van der Waals surface area contributed by atoms with E-state index in [1.54, 1.807) is 11.8 Å². The number of carbonyl (C=O) groups excluding carboxylic acids is 3. The van der Waals surface area contributed by atoms with Crippen molar-refractivity contribution in [2.24, 2.45) is 23.0 Å². The highest BCUT2D eigenvalue weighted by Crippen LogP contribution is 2.54. The van der Waals surface area contributed by atoms with Crippen molar-refractivity contribution in [3.05, 3.63) is 51.0 Å². The Morgan fingerprint density at radius 1 is 1.16 bits per heavy atom. The fourth-order valence-corrected chi connectivity index (χ4v) is 7.47. The van der Waals surface area contributed by atoms with Gasteiger partial charge in [0.1, 0.15) is 22.8 Å². The van der Waals surface area contributed by atoms with Crippen molar-refractivity contribution < 1.29 is 53.1 Å². The van der Waals surface area contributed by atoms with Crippen LogP contribution in [0.5, 0.6) is 5.75 Å². The average Bonchev–Trinajstić information content (AvgIpc) is 2.88. The highest BCUT2D eigenvalue weighted by molar-refractivity contribution is 6.24. The minimum absolute atomic E-state index is 0.268. The monoisotopic (exact) mass is 639 g/mol. The largest absolute Gasteiger partial charge is 0.510 e. The van der Waals surface area contributed by atoms with Crippen molar-refractivity contribution in [1.82, 2.24) is 9.80 Å². The zero-order valence-corrected chi connectivity index (χ0v) is 26.0. The molecule has 0 aromatic heterocycles. The van der Waals surface area contributed by atoms with Gasteiger partial charge in [-0.2, -0.15) is 13.2 Å². The number of likely N-dealkylation sites (N-methyl/N-ethyl adjacent to an activating group) is 2. The van der Waals surface area contributed by atoms with Crippen LogP contribution in [0.1, 0.15) is 61.2 Å². The minimum atomic E-state index is -4.98. The summed E-state index contributed by atoms with van der Waals surface area (Å²) in [5.74, 6) is -9.28. The number of rotatable bonds is 7. The first kappa shape index (κ1) is 34.4. The van der Waals surface area contributed by atoms with Crippen LogP contribution in [-0.2, 0) is 28.7 Å². The number of aromatic hydroxyl groups is 1. The van der Waals surface area contributed by atoms with E-state index in [0.29, 0.717) is 0 Å². The Bertz CT molecular complexity index is 1510. The number of hydrogen-bond donors (Lipinski definition) is 6. The molecular formula is C31H40F3N3O8. The van der Waals surface area contributed by atoms with Gasteiger partial charge in [-0.25, -0.2) is 0 Å². The van der Waals surface area contributed by atoms with Gasteiger partial charge in [0.05, 0.1) is 23.8 Å². The molecule has 0 aliphatic heterocycles. The number of halogens is 3. The number of Topliss-reactive ketones (excluding diaryl/α,β-unsaturated/α-hetero) is 2. The third kappa shape index (κ3) is 5.30. The average molecular weight is 640 g/mol. The number of carbonyl (C=O) groups is 3. The quantitative estimate of drug-likeness (QED) is 0.242. The Labute approximate surface area is 258 Å². The Kier molecular flexibility index (Phi) is 8.72. The lowest BCUT2D eigenvalue weighted by Gasteiger charge is -2.50. The number of fused-ring (bicyclic) bond motifs is 3. The first-order valence-corrected chi connectivity index (χ1v) is 14.6. The number of aliphatic hydroxyl groups excluding tert-OH is 3. The Hall–Kier alpha value is -3.46. The molecule has 1 amide bonds. The summed E-state index contributed by atoms with van der Waals surface area (Å²) in [7, 11) is 2.91. The number of phenolic OH excluding ortho intramolecular Hbond substituents is 1. The maximum absolute atomic E-state index is 14.9. The number of nitrogens with zero attached hydrogens (tertiary/aromatic N) is 2. The molecular weight excluding hydrogens is 599 g/mol. The second kappa shape index (κ2) is 11.4. The highest BCUT2D eigenvalue weighted by atomic mass is 19.4. The highest BCUT2D eigenvalue weighted by Gasteiger charge is 2.63. The lowest BCUT2D eigenvalue weighted by molar-refractivity contribution is -0.148. The van der Waals surface area contributed by atoms with Crippen LogP contribution in [0.2, 0.25) is 0 Å². The summed E-state index contributed by atoms with van der Waals surface area (Å²) in [4.78, 5) is 42.4. The third-order valence-electron chi connectivity index (χ3n) is 9.48. The van der Waals surface area contributed by atoms with E-state index in [1.807, 2.05) is 20.8 Å². The number of amides is 1. The molecule has 0 saturated heterocycles. The summed E-state index contributed by atoms with van der Waals surface area (Å²) in [5.41, 5.74) is -2.28. The Balaban J connectivity index is 1.94. The van der Waals surface area contributed by atoms with Gasteiger partial charge in [0.2, 0.25) is 5.78 Å². The van der Waals surface area contributed by atoms with E-state index in [-0.39, 0.29) is 31.7 Å². The first-order valence-electron chi connectivity index (χ1n) is 14.6. The van der Waals surface area contributed by atoms with Gasteiger partial charge in [-0.15, -0.1) is 0 Å². The molecule has 0 unspecified atom stereocenters. The second-order valence-electron chi connectivity index (χ2n) is 13.4. The number of aliphatic hydroxyl groups is 4. The van der Waals surface area contributed by atoms with Crippen LogP contribution in [0.4, 0.5) is 13.2 Å². The van der Waals surface area contributed by atoms with E-state index in [2.05, 4.69) is 0 Å². The van der Waals surface area contributed by atoms with E-state index in [1.165, 1.54) is 19.0 Å². The fourth-order valence-electron chi connectivity index (χ4n) is 7.47. The van der Waals surface area contributed by atoms with Gasteiger partial charge in [0, 0.05) is 24.1 Å². The molecule has 0 fully saturated rings. The van der Waals surface area contributed by atoms with E-state index in [0.717, 1.165) is 6.07 Å². The summed E-state index contributed by atoms with van der Waals surface area (Å²) in [5, 5.41) is 55.1. The molecule has 0 bridgehead atoms. The normalized spacial score (nSPS) is 26.3. The molecule has 45 heavy (non-hydrogen) atoms. The lowest BCUT2D eigenvalue weighted by Crippen LogP contribution is -2.63. The van der Waals surface area contributed by atoms with Gasteiger partial charge in [-0.05, 0) is 62.0 Å². The molecule has 11 nitrogen and oxygen atoms in total. The number of ketones is 2. The van der Waals surface area contributed by atoms with E-state index in [9.17, 15) is 53.1 Å². The van der Waals surface area contributed by atoms with Crippen LogP contribution in [0.25, 0.3) is 0 Å². The Morgan fingerprint density at radius 3 is 2.22 bits per heavy atom. The molecule has 1 aromatic carbocycles. The number of allylic oxidation sites excluding steroid dienone is 1. The summed E-state index contributed by atoms with van der Waals surface area (Å²) < 4.78 is 44.7. The maximum Gasteiger partial charge on any atom is 0.417 e. The van der Waals surface area contributed by atoms with Gasteiger partial charge in [0.25, 0.3) is 5.91 Å². The van der Waals surface area contributed by atoms with Crippen LogP contribution in [-0.4, -0.2) is 97.7 Å². The summed E-state index contributed by atoms with van der Waals surface area (Å²) in [6, 6.07) is -0.968. The third-order valence-corrected chi connectivity index (χ3v) is 9.48. The zero-order chi connectivity index (χ0) is 34.1. The maximum atomic E-state index is 14.9. The summed E-state index contributed by atoms with van der Waals surface area (Å²) in [6.45, 7) is 6.87. The number of alkyl halides is 3. The molecule has 14 heteroatoms. The predicted molar refractivity (Wildman–Crippen MR) is 155 cm³/mol. The van der Waals surface area contributed by atoms with Gasteiger partial charge in [-0.1, -0.05) is 27.7 Å². The van der Waals surface area contributed by atoms with Crippen molar-refractivity contribution in [3.63, 3.8) is 0 Å². The zero-order valence-electron chi connectivity index (χ0n) is 26.0. The number of hydrogen-bond acceptors (Lipinski definition) is 10. The van der Waals surface area contributed by atoms with Crippen LogP contribution in [0.15, 0.2) is 28.7 Å². The SMILES string of the molecule is CCN(Cc1cc(O)c2c(c1C(F)(F)F)C[C@H]1C[C@H]3[C@H](N(C)C)C(O)=C(C(N)=O)C(=O)[C@@]3(O)C(O)=C1C2=O)[C@H](CO)C(C)(C)C. The van der Waals surface area contributed by atoms with Crippen LogP contribution in [0, 0.1) is 17.3 Å². The van der Waals surface area contributed by atoms with Crippen molar-refractivity contribution in [1.29, 1.82) is 0 Å². The molecule has 0 spiro atoms. The summed E-state index contributed by atoms with van der Waals surface area (Å²) in [6.07, 6.45) is -5.82. The van der Waals surface area contributed by atoms with Gasteiger partial charge < -0.3 is 31.3 Å². The molecule has 0 heterocycles. The molecule has 0 saturated carbocycles. The Morgan fingerprint density at radius 2 is 1.76 bits per heavy atom. The lowest BCUT2D eigenvalue weighted by atomic mass is 9.58. The van der Waals surface area contributed by atoms with Crippen LogP contribution in [0.3, 0.4) is 0 Å². The first-order chi connectivity index (χ1) is 20.6. The standard InChI is InChI=1S/C31H40F3N3O8/c1-7-37(18(12-38)29(2,3)4)11-14-10-17(39)20-15(22(14)31(32,33)34)8-13-9-16-23(36(5)6)25(41)21(28(35)44)27(43)30(16,45)26(42)19(13)24(20)40/h10,13,16,18,23,38-39,41-42,45H,7-9,11-12H2,1-6H3,(H2,35,44)/t13-,16-,18+,23-,30-/m0/s1. The molecule has 7 N–H and O–H groups in total. The topological polar surface area (TPSA) is 185 Å². The fraction of sp³-hybridized carbons (Fsp3) is 0.581. The smallest absolute Gasteiger partial charge is 0.417 e. The van der Waals surface area contributed by atoms with Crippen LogP contribution >= 0.6 is 0 Å². The van der Waals surface area contributed by atoms with E-state index in [4.69, 9.17) is 5.73 Å². The predicted octanol–water partition coefficient (Wildman–Crippen LogP) is 2.37.